The molecule has 0 saturated carbocycles. The van der Waals surface area contributed by atoms with Crippen molar-refractivity contribution < 1.29 is 9.84 Å². The van der Waals surface area contributed by atoms with Crippen molar-refractivity contribution in [2.75, 3.05) is 13.7 Å². The standard InChI is InChI=1S/C9H11BrO2/c1-12-8-2-3-9(10)7(6-8)4-5-11/h2-3,6,11H,4-5H2,1H3. The molecular formula is C9H11BrO2. The molecule has 0 spiro atoms. The fourth-order valence-corrected chi connectivity index (χ4v) is 1.43. The number of halogens is 1. The molecule has 0 aromatic heterocycles. The van der Waals surface area contributed by atoms with Gasteiger partial charge in [-0.25, -0.2) is 0 Å². The molecule has 0 atom stereocenters. The minimum absolute atomic E-state index is 0.158. The zero-order valence-corrected chi connectivity index (χ0v) is 8.47. The third kappa shape index (κ3) is 2.22. The van der Waals surface area contributed by atoms with Gasteiger partial charge in [0.05, 0.1) is 7.11 Å². The molecule has 0 amide bonds. The molecule has 0 aliphatic rings. The van der Waals surface area contributed by atoms with Crippen LogP contribution < -0.4 is 4.74 Å². The van der Waals surface area contributed by atoms with Gasteiger partial charge >= 0.3 is 0 Å². The second kappa shape index (κ2) is 4.48. The van der Waals surface area contributed by atoms with E-state index in [1.807, 2.05) is 18.2 Å². The van der Waals surface area contributed by atoms with E-state index in [0.717, 1.165) is 15.8 Å². The average Bonchev–Trinajstić information content (AvgIpc) is 2.09. The molecule has 2 nitrogen and oxygen atoms in total. The summed E-state index contributed by atoms with van der Waals surface area (Å²) in [7, 11) is 1.63. The van der Waals surface area contributed by atoms with Crippen LogP contribution in [0.15, 0.2) is 22.7 Å². The highest BCUT2D eigenvalue weighted by Gasteiger charge is 2.00. The lowest BCUT2D eigenvalue weighted by Crippen LogP contribution is -1.93. The Hall–Kier alpha value is -0.540. The van der Waals surface area contributed by atoms with Crippen molar-refractivity contribution in [3.8, 4) is 5.75 Å². The molecule has 0 aliphatic carbocycles. The van der Waals surface area contributed by atoms with E-state index in [1.165, 1.54) is 0 Å². The highest BCUT2D eigenvalue weighted by Crippen LogP contribution is 2.22. The third-order valence-electron chi connectivity index (χ3n) is 1.63. The topological polar surface area (TPSA) is 29.5 Å². The Morgan fingerprint density at radius 3 is 2.83 bits per heavy atom. The molecule has 66 valence electrons. The van der Waals surface area contributed by atoms with Crippen LogP contribution in [0, 0.1) is 0 Å². The molecule has 3 heteroatoms. The van der Waals surface area contributed by atoms with Crippen LogP contribution in [0.5, 0.6) is 5.75 Å². The summed E-state index contributed by atoms with van der Waals surface area (Å²) in [5.41, 5.74) is 1.07. The molecule has 1 aromatic carbocycles. The maximum absolute atomic E-state index is 8.75. The van der Waals surface area contributed by atoms with E-state index in [2.05, 4.69) is 15.9 Å². The van der Waals surface area contributed by atoms with Crippen molar-refractivity contribution in [1.29, 1.82) is 0 Å². The first kappa shape index (κ1) is 9.55. The Morgan fingerprint density at radius 1 is 1.50 bits per heavy atom. The number of aliphatic hydroxyl groups is 1. The molecule has 0 aliphatic heterocycles. The molecule has 0 bridgehead atoms. The molecular weight excluding hydrogens is 220 g/mol. The lowest BCUT2D eigenvalue weighted by molar-refractivity contribution is 0.299. The maximum atomic E-state index is 8.75. The monoisotopic (exact) mass is 230 g/mol. The Kier molecular flexibility index (Phi) is 3.56. The lowest BCUT2D eigenvalue weighted by Gasteiger charge is -2.05. The number of aliphatic hydroxyl groups excluding tert-OH is 1. The van der Waals surface area contributed by atoms with Gasteiger partial charge in [0.25, 0.3) is 0 Å². The molecule has 0 fully saturated rings. The van der Waals surface area contributed by atoms with Crippen molar-refractivity contribution >= 4 is 15.9 Å². The van der Waals surface area contributed by atoms with Crippen LogP contribution in [0.1, 0.15) is 5.56 Å². The molecule has 0 unspecified atom stereocenters. The highest BCUT2D eigenvalue weighted by molar-refractivity contribution is 9.10. The van der Waals surface area contributed by atoms with Gasteiger partial charge in [-0.2, -0.15) is 0 Å². The van der Waals surface area contributed by atoms with Gasteiger partial charge in [-0.15, -0.1) is 0 Å². The summed E-state index contributed by atoms with van der Waals surface area (Å²) >= 11 is 3.39. The molecule has 1 N–H and O–H groups in total. The number of ether oxygens (including phenoxy) is 1. The van der Waals surface area contributed by atoms with Crippen molar-refractivity contribution in [2.45, 2.75) is 6.42 Å². The molecule has 0 heterocycles. The van der Waals surface area contributed by atoms with Crippen LogP contribution in [-0.2, 0) is 6.42 Å². The van der Waals surface area contributed by atoms with Crippen LogP contribution in [0.25, 0.3) is 0 Å². The van der Waals surface area contributed by atoms with Crippen LogP contribution in [0.3, 0.4) is 0 Å². The van der Waals surface area contributed by atoms with E-state index >= 15 is 0 Å². The number of hydrogen-bond donors (Lipinski definition) is 1. The largest absolute Gasteiger partial charge is 0.497 e. The number of rotatable bonds is 3. The van der Waals surface area contributed by atoms with Gasteiger partial charge in [0.15, 0.2) is 0 Å². The smallest absolute Gasteiger partial charge is 0.119 e. The van der Waals surface area contributed by atoms with Gasteiger partial charge in [-0.1, -0.05) is 15.9 Å². The summed E-state index contributed by atoms with van der Waals surface area (Å²) in [5, 5.41) is 8.75. The van der Waals surface area contributed by atoms with Crippen LogP contribution in [0.2, 0.25) is 0 Å². The van der Waals surface area contributed by atoms with Gasteiger partial charge in [0.2, 0.25) is 0 Å². The normalized spacial score (nSPS) is 9.92. The molecule has 0 saturated heterocycles. The Morgan fingerprint density at radius 2 is 2.25 bits per heavy atom. The molecule has 1 rings (SSSR count). The Labute approximate surface area is 80.3 Å². The zero-order valence-electron chi connectivity index (χ0n) is 6.88. The predicted octanol–water partition coefficient (Wildman–Crippen LogP) is 1.99. The average molecular weight is 231 g/mol. The van der Waals surface area contributed by atoms with E-state index in [0.29, 0.717) is 6.42 Å². The predicted molar refractivity (Wildman–Crippen MR) is 51.5 cm³/mol. The highest BCUT2D eigenvalue weighted by atomic mass is 79.9. The minimum Gasteiger partial charge on any atom is -0.497 e. The van der Waals surface area contributed by atoms with Crippen molar-refractivity contribution in [3.63, 3.8) is 0 Å². The first-order valence-electron chi connectivity index (χ1n) is 3.71. The summed E-state index contributed by atoms with van der Waals surface area (Å²) < 4.78 is 6.07. The minimum atomic E-state index is 0.158. The molecule has 12 heavy (non-hydrogen) atoms. The van der Waals surface area contributed by atoms with E-state index in [1.54, 1.807) is 7.11 Å². The van der Waals surface area contributed by atoms with Crippen molar-refractivity contribution in [2.24, 2.45) is 0 Å². The summed E-state index contributed by atoms with van der Waals surface area (Å²) in [4.78, 5) is 0. The molecule has 0 radical (unpaired) electrons. The first-order chi connectivity index (χ1) is 5.77. The summed E-state index contributed by atoms with van der Waals surface area (Å²) in [5.74, 6) is 0.821. The van der Waals surface area contributed by atoms with Crippen LogP contribution >= 0.6 is 15.9 Å². The quantitative estimate of drug-likeness (QED) is 0.861. The van der Waals surface area contributed by atoms with E-state index < -0.39 is 0 Å². The van der Waals surface area contributed by atoms with E-state index in [4.69, 9.17) is 9.84 Å². The molecule has 1 aromatic rings. The number of benzene rings is 1. The van der Waals surface area contributed by atoms with E-state index in [-0.39, 0.29) is 6.61 Å². The van der Waals surface area contributed by atoms with Crippen molar-refractivity contribution in [3.05, 3.63) is 28.2 Å². The first-order valence-corrected chi connectivity index (χ1v) is 4.50. The van der Waals surface area contributed by atoms with Gasteiger partial charge in [-0.3, -0.25) is 0 Å². The second-order valence-electron chi connectivity index (χ2n) is 2.43. The Balaban J connectivity index is 2.91. The van der Waals surface area contributed by atoms with Gasteiger partial charge in [0, 0.05) is 11.1 Å². The second-order valence-corrected chi connectivity index (χ2v) is 3.29. The zero-order chi connectivity index (χ0) is 8.97. The summed E-state index contributed by atoms with van der Waals surface area (Å²) in [6.07, 6.45) is 0.651. The summed E-state index contributed by atoms with van der Waals surface area (Å²) in [6.45, 7) is 0.158. The maximum Gasteiger partial charge on any atom is 0.119 e. The lowest BCUT2D eigenvalue weighted by atomic mass is 10.1. The number of methoxy groups -OCH3 is 1. The fourth-order valence-electron chi connectivity index (χ4n) is 0.990. The number of hydrogen-bond acceptors (Lipinski definition) is 2. The van der Waals surface area contributed by atoms with Gasteiger partial charge in [-0.05, 0) is 30.2 Å². The SMILES string of the molecule is COc1ccc(Br)c(CCO)c1. The van der Waals surface area contributed by atoms with Crippen LogP contribution in [-0.4, -0.2) is 18.8 Å². The van der Waals surface area contributed by atoms with E-state index in [9.17, 15) is 0 Å². The fraction of sp³-hybridized carbons (Fsp3) is 0.333. The van der Waals surface area contributed by atoms with Crippen LogP contribution in [0.4, 0.5) is 0 Å². The van der Waals surface area contributed by atoms with Gasteiger partial charge in [0.1, 0.15) is 5.75 Å². The summed E-state index contributed by atoms with van der Waals surface area (Å²) in [6, 6.07) is 5.72. The van der Waals surface area contributed by atoms with Gasteiger partial charge < -0.3 is 9.84 Å². The Bertz CT molecular complexity index is 261. The van der Waals surface area contributed by atoms with Crippen molar-refractivity contribution in [1.82, 2.24) is 0 Å². The third-order valence-corrected chi connectivity index (χ3v) is 2.41.